The Morgan fingerprint density at radius 1 is 0.625 bits per heavy atom. The van der Waals surface area contributed by atoms with Crippen LogP contribution in [0, 0.1) is 0 Å². The molecule has 2 aliphatic rings. The Balaban J connectivity index is 1.36. The minimum absolute atomic E-state index is 0.185. The number of hydrogen-bond donors (Lipinski definition) is 0. The van der Waals surface area contributed by atoms with Crippen LogP contribution in [-0.2, 0) is 19.2 Å². The van der Waals surface area contributed by atoms with Crippen molar-refractivity contribution in [3.05, 3.63) is 71.8 Å². The largest absolute Gasteiger partial charge is 0.269 e. The molecular weight excluding hydrogens is 444 g/mol. The Bertz CT molecular complexity index is 1090. The fourth-order valence-corrected chi connectivity index (χ4v) is 5.63. The van der Waals surface area contributed by atoms with Crippen molar-refractivity contribution in [2.24, 2.45) is 0 Å². The predicted molar refractivity (Wildman–Crippen MR) is 127 cm³/mol. The normalized spacial score (nSPS) is 16.4. The summed E-state index contributed by atoms with van der Waals surface area (Å²) in [7, 11) is 0. The van der Waals surface area contributed by atoms with Gasteiger partial charge in [0.05, 0.1) is 16.0 Å². The van der Waals surface area contributed by atoms with E-state index in [1.54, 1.807) is 61.6 Å². The highest BCUT2D eigenvalue weighted by molar-refractivity contribution is 8.17. The molecule has 4 rings (SSSR count). The van der Waals surface area contributed by atoms with E-state index in [-0.39, 0.29) is 28.2 Å². The molecular formula is C24H20N2O4S2. The van der Waals surface area contributed by atoms with E-state index in [1.165, 1.54) is 22.0 Å². The number of nitrogens with zero attached hydrogens (tertiary/aromatic N) is 2. The summed E-state index contributed by atoms with van der Waals surface area (Å²) in [4.78, 5) is 52.6. The molecule has 2 aromatic rings. The maximum absolute atomic E-state index is 12.1. The summed E-state index contributed by atoms with van der Waals surface area (Å²) in [5.41, 5.74) is 2.00. The highest BCUT2D eigenvalue weighted by Gasteiger charge is 2.30. The van der Waals surface area contributed by atoms with Gasteiger partial charge in [0, 0.05) is 33.1 Å². The van der Waals surface area contributed by atoms with Crippen molar-refractivity contribution in [3.63, 3.8) is 0 Å². The monoisotopic (exact) mass is 464 g/mol. The fourth-order valence-electron chi connectivity index (χ4n) is 3.42. The molecule has 0 unspecified atom stereocenters. The van der Waals surface area contributed by atoms with Gasteiger partial charge < -0.3 is 0 Å². The molecule has 0 aliphatic carbocycles. The number of hydrogen-bond acceptors (Lipinski definition) is 6. The number of imide groups is 2. The lowest BCUT2D eigenvalue weighted by Gasteiger charge is -2.17. The highest BCUT2D eigenvalue weighted by atomic mass is 32.2. The van der Waals surface area contributed by atoms with Crippen molar-refractivity contribution in [2.75, 3.05) is 9.80 Å². The molecule has 2 aliphatic heterocycles. The van der Waals surface area contributed by atoms with E-state index in [4.69, 9.17) is 0 Å². The average Bonchev–Trinajstić information content (AvgIpc) is 3.16. The van der Waals surface area contributed by atoms with E-state index in [1.807, 2.05) is 24.3 Å². The third kappa shape index (κ3) is 4.28. The smallest absolute Gasteiger partial charge is 0.261 e. The Hall–Kier alpha value is -3.10. The number of rotatable bonds is 6. The molecule has 0 aromatic heterocycles. The van der Waals surface area contributed by atoms with Crippen LogP contribution >= 0.6 is 23.5 Å². The standard InChI is InChI=1S/C24H20N2O4S2/c1-14-12-21(27)25(23(14)29)17-4-8-19(9-5-17)31-16(3)32-20-10-6-18(7-11-20)26-22(28)13-15(2)24(26)30/h4-13,16H,1-3H3. The molecule has 8 heteroatoms. The van der Waals surface area contributed by atoms with Crippen LogP contribution in [0.2, 0.25) is 0 Å². The van der Waals surface area contributed by atoms with E-state index in [9.17, 15) is 19.2 Å². The first-order chi connectivity index (χ1) is 15.2. The summed E-state index contributed by atoms with van der Waals surface area (Å²) in [5.74, 6) is -1.20. The molecule has 0 radical (unpaired) electrons. The number of thioether (sulfide) groups is 2. The first-order valence-electron chi connectivity index (χ1n) is 9.91. The molecule has 0 fully saturated rings. The van der Waals surface area contributed by atoms with E-state index in [0.717, 1.165) is 9.79 Å². The Kier molecular flexibility index (Phi) is 6.08. The third-order valence-electron chi connectivity index (χ3n) is 5.00. The van der Waals surface area contributed by atoms with Gasteiger partial charge in [0.2, 0.25) is 0 Å². The van der Waals surface area contributed by atoms with Gasteiger partial charge in [-0.15, -0.1) is 23.5 Å². The second-order valence-corrected chi connectivity index (χ2v) is 10.5. The minimum Gasteiger partial charge on any atom is -0.269 e. The summed E-state index contributed by atoms with van der Waals surface area (Å²) in [6, 6.07) is 14.7. The van der Waals surface area contributed by atoms with E-state index in [2.05, 4.69) is 6.92 Å². The molecule has 2 heterocycles. The van der Waals surface area contributed by atoms with E-state index < -0.39 is 0 Å². The van der Waals surface area contributed by atoms with Gasteiger partial charge in [-0.1, -0.05) is 0 Å². The van der Waals surface area contributed by atoms with Gasteiger partial charge in [-0.25, -0.2) is 9.80 Å². The summed E-state index contributed by atoms with van der Waals surface area (Å²) in [6.45, 7) is 5.35. The lowest BCUT2D eigenvalue weighted by molar-refractivity contribution is -0.121. The summed E-state index contributed by atoms with van der Waals surface area (Å²) in [6.07, 6.45) is 2.70. The summed E-state index contributed by atoms with van der Waals surface area (Å²) in [5, 5.41) is 0. The zero-order valence-electron chi connectivity index (χ0n) is 17.7. The number of carbonyl (C=O) groups is 4. The first kappa shape index (κ1) is 22.1. The van der Waals surface area contributed by atoms with Crippen molar-refractivity contribution in [2.45, 2.75) is 35.1 Å². The van der Waals surface area contributed by atoms with Crippen LogP contribution in [0.1, 0.15) is 20.8 Å². The zero-order valence-corrected chi connectivity index (χ0v) is 19.3. The molecule has 2 aromatic carbocycles. The van der Waals surface area contributed by atoms with Gasteiger partial charge in [0.25, 0.3) is 23.6 Å². The SMILES string of the molecule is CC1=CC(=O)N(c2ccc(SC(C)Sc3ccc(N4C(=O)C=C(C)C4=O)cc3)cc2)C1=O. The Labute approximate surface area is 194 Å². The molecule has 0 spiro atoms. The van der Waals surface area contributed by atoms with Crippen LogP contribution in [0.4, 0.5) is 11.4 Å². The molecule has 0 atom stereocenters. The van der Waals surface area contributed by atoms with Crippen molar-refractivity contribution in [1.29, 1.82) is 0 Å². The second-order valence-electron chi connectivity index (χ2n) is 7.40. The van der Waals surface area contributed by atoms with Crippen LogP contribution in [-0.4, -0.2) is 28.2 Å². The van der Waals surface area contributed by atoms with E-state index >= 15 is 0 Å². The van der Waals surface area contributed by atoms with Gasteiger partial charge in [-0.3, -0.25) is 19.2 Å². The second kappa shape index (κ2) is 8.80. The molecule has 0 saturated carbocycles. The van der Waals surface area contributed by atoms with Crippen molar-refractivity contribution in [3.8, 4) is 0 Å². The van der Waals surface area contributed by atoms with Crippen molar-refractivity contribution < 1.29 is 19.2 Å². The van der Waals surface area contributed by atoms with Gasteiger partial charge >= 0.3 is 0 Å². The number of anilines is 2. The lowest BCUT2D eigenvalue weighted by Crippen LogP contribution is -2.30. The van der Waals surface area contributed by atoms with Gasteiger partial charge in [0.15, 0.2) is 0 Å². The van der Waals surface area contributed by atoms with Crippen molar-refractivity contribution in [1.82, 2.24) is 0 Å². The molecule has 6 nitrogen and oxygen atoms in total. The lowest BCUT2D eigenvalue weighted by atomic mass is 10.3. The maximum atomic E-state index is 12.1. The van der Waals surface area contributed by atoms with Crippen LogP contribution in [0.15, 0.2) is 81.6 Å². The van der Waals surface area contributed by atoms with Crippen LogP contribution in [0.25, 0.3) is 0 Å². The molecule has 162 valence electrons. The minimum atomic E-state index is -0.316. The summed E-state index contributed by atoms with van der Waals surface area (Å²) >= 11 is 3.31. The Morgan fingerprint density at radius 3 is 1.25 bits per heavy atom. The fraction of sp³-hybridized carbons (Fsp3) is 0.167. The quantitative estimate of drug-likeness (QED) is 0.355. The van der Waals surface area contributed by atoms with Crippen molar-refractivity contribution >= 4 is 58.5 Å². The predicted octanol–water partition coefficient (Wildman–Crippen LogP) is 4.56. The highest BCUT2D eigenvalue weighted by Crippen LogP contribution is 2.37. The summed E-state index contributed by atoms with van der Waals surface area (Å²) < 4.78 is 0.185. The molecule has 0 bridgehead atoms. The van der Waals surface area contributed by atoms with Gasteiger partial charge in [-0.2, -0.15) is 0 Å². The van der Waals surface area contributed by atoms with E-state index in [0.29, 0.717) is 22.5 Å². The Morgan fingerprint density at radius 2 is 0.969 bits per heavy atom. The number of benzene rings is 2. The average molecular weight is 465 g/mol. The molecule has 32 heavy (non-hydrogen) atoms. The molecule has 0 N–H and O–H groups in total. The number of amides is 4. The number of carbonyl (C=O) groups excluding carboxylic acids is 4. The van der Waals surface area contributed by atoms with Crippen LogP contribution < -0.4 is 9.80 Å². The maximum Gasteiger partial charge on any atom is 0.261 e. The first-order valence-corrected chi connectivity index (χ1v) is 11.7. The van der Waals surface area contributed by atoms with Gasteiger partial charge in [0.1, 0.15) is 0 Å². The molecule has 0 saturated heterocycles. The topological polar surface area (TPSA) is 74.8 Å². The zero-order chi connectivity index (χ0) is 23.0. The third-order valence-corrected chi connectivity index (χ3v) is 7.33. The van der Waals surface area contributed by atoms with Gasteiger partial charge in [-0.05, 0) is 69.3 Å². The van der Waals surface area contributed by atoms with Crippen LogP contribution in [0.5, 0.6) is 0 Å². The van der Waals surface area contributed by atoms with Crippen LogP contribution in [0.3, 0.4) is 0 Å². The molecule has 4 amide bonds.